The zero-order valence-corrected chi connectivity index (χ0v) is 16.7. The van der Waals surface area contributed by atoms with Crippen LogP contribution >= 0.6 is 11.6 Å². The van der Waals surface area contributed by atoms with Gasteiger partial charge in [-0.1, -0.05) is 67.3 Å². The number of rotatable bonds is 5. The Balaban J connectivity index is 1.55. The summed E-state index contributed by atoms with van der Waals surface area (Å²) in [5.41, 5.74) is 2.00. The molecule has 1 fully saturated rings. The topological polar surface area (TPSA) is 67.4 Å². The van der Waals surface area contributed by atoms with Crippen molar-refractivity contribution in [2.24, 2.45) is 0 Å². The molecule has 6 heteroatoms. The summed E-state index contributed by atoms with van der Waals surface area (Å²) in [6, 6.07) is 14.9. The van der Waals surface area contributed by atoms with Crippen molar-refractivity contribution in [3.63, 3.8) is 0 Å². The average molecular weight is 401 g/mol. The molecule has 148 valence electrons. The van der Waals surface area contributed by atoms with Gasteiger partial charge in [0, 0.05) is 6.04 Å². The van der Waals surface area contributed by atoms with Gasteiger partial charge in [0.15, 0.2) is 6.10 Å². The van der Waals surface area contributed by atoms with Crippen LogP contribution < -0.4 is 15.4 Å². The van der Waals surface area contributed by atoms with Gasteiger partial charge in [-0.25, -0.2) is 4.79 Å². The first-order chi connectivity index (χ1) is 13.5. The molecule has 0 spiro atoms. The van der Waals surface area contributed by atoms with Crippen LogP contribution in [0.5, 0.6) is 5.75 Å². The molecule has 1 aliphatic rings. The summed E-state index contributed by atoms with van der Waals surface area (Å²) >= 11 is 6.33. The second kappa shape index (κ2) is 9.60. The van der Waals surface area contributed by atoms with Crippen molar-refractivity contribution in [1.29, 1.82) is 0 Å². The van der Waals surface area contributed by atoms with Crippen molar-refractivity contribution in [3.8, 4) is 16.9 Å². The summed E-state index contributed by atoms with van der Waals surface area (Å²) in [6.07, 6.45) is 4.48. The van der Waals surface area contributed by atoms with E-state index in [9.17, 15) is 9.59 Å². The van der Waals surface area contributed by atoms with Gasteiger partial charge in [0.2, 0.25) is 0 Å². The molecule has 3 amide bonds. The number of carbonyl (C=O) groups excluding carboxylic acids is 2. The second-order valence-electron chi connectivity index (χ2n) is 7.07. The van der Waals surface area contributed by atoms with E-state index in [2.05, 4.69) is 10.6 Å². The van der Waals surface area contributed by atoms with Gasteiger partial charge >= 0.3 is 6.03 Å². The van der Waals surface area contributed by atoms with Crippen molar-refractivity contribution >= 4 is 23.5 Å². The van der Waals surface area contributed by atoms with Crippen LogP contribution in [-0.2, 0) is 4.79 Å². The Hall–Kier alpha value is -2.53. The summed E-state index contributed by atoms with van der Waals surface area (Å²) in [6.45, 7) is 1.59. The summed E-state index contributed by atoms with van der Waals surface area (Å²) in [7, 11) is 0. The minimum absolute atomic E-state index is 0.137. The molecule has 1 aliphatic carbocycles. The quantitative estimate of drug-likeness (QED) is 0.747. The minimum atomic E-state index is -0.850. The molecule has 0 unspecified atom stereocenters. The molecule has 0 aliphatic heterocycles. The lowest BCUT2D eigenvalue weighted by atomic mass is 9.96. The van der Waals surface area contributed by atoms with E-state index in [1.54, 1.807) is 19.1 Å². The maximum atomic E-state index is 12.3. The molecule has 0 radical (unpaired) electrons. The first kappa shape index (κ1) is 20.2. The monoisotopic (exact) mass is 400 g/mol. The first-order valence-corrected chi connectivity index (χ1v) is 10.0. The Kier molecular flexibility index (Phi) is 6.93. The van der Waals surface area contributed by atoms with E-state index in [1.165, 1.54) is 6.42 Å². The fourth-order valence-corrected chi connectivity index (χ4v) is 3.56. The highest BCUT2D eigenvalue weighted by atomic mass is 35.5. The number of ether oxygens (including phenoxy) is 1. The van der Waals surface area contributed by atoms with Gasteiger partial charge < -0.3 is 10.1 Å². The van der Waals surface area contributed by atoms with E-state index < -0.39 is 18.0 Å². The van der Waals surface area contributed by atoms with Crippen LogP contribution in [0.25, 0.3) is 11.1 Å². The lowest BCUT2D eigenvalue weighted by molar-refractivity contribution is -0.126. The highest BCUT2D eigenvalue weighted by Gasteiger charge is 2.21. The number of carbonyl (C=O) groups is 2. The van der Waals surface area contributed by atoms with Crippen molar-refractivity contribution < 1.29 is 14.3 Å². The molecule has 2 N–H and O–H groups in total. The fraction of sp³-hybridized carbons (Fsp3) is 0.364. The number of nitrogens with one attached hydrogen (secondary N) is 2. The molecular weight excluding hydrogens is 376 g/mol. The van der Waals surface area contributed by atoms with Gasteiger partial charge in [0.25, 0.3) is 5.91 Å². The molecular formula is C22H25ClN2O3. The van der Waals surface area contributed by atoms with E-state index >= 15 is 0 Å². The molecule has 0 saturated heterocycles. The third kappa shape index (κ3) is 5.49. The van der Waals surface area contributed by atoms with E-state index in [0.29, 0.717) is 10.8 Å². The summed E-state index contributed by atoms with van der Waals surface area (Å²) in [4.78, 5) is 24.3. The number of urea groups is 1. The Labute approximate surface area is 170 Å². The molecule has 3 rings (SSSR count). The summed E-state index contributed by atoms with van der Waals surface area (Å²) in [5, 5.41) is 5.61. The maximum absolute atomic E-state index is 12.3. The van der Waals surface area contributed by atoms with Crippen LogP contribution in [0, 0.1) is 0 Å². The number of hydrogen-bond donors (Lipinski definition) is 2. The molecule has 0 bridgehead atoms. The molecule has 0 aromatic heterocycles. The van der Waals surface area contributed by atoms with Crippen molar-refractivity contribution in [3.05, 3.63) is 53.6 Å². The Morgan fingerprint density at radius 3 is 2.43 bits per heavy atom. The summed E-state index contributed by atoms with van der Waals surface area (Å²) in [5.74, 6) is -0.104. The molecule has 1 atom stereocenters. The molecule has 2 aromatic rings. The van der Waals surface area contributed by atoms with Gasteiger partial charge in [-0.05, 0) is 43.0 Å². The zero-order valence-electron chi connectivity index (χ0n) is 15.9. The zero-order chi connectivity index (χ0) is 19.9. The van der Waals surface area contributed by atoms with Gasteiger partial charge in [-0.15, -0.1) is 0 Å². The van der Waals surface area contributed by atoms with Crippen LogP contribution in [-0.4, -0.2) is 24.1 Å². The van der Waals surface area contributed by atoms with Crippen LogP contribution in [0.2, 0.25) is 5.02 Å². The van der Waals surface area contributed by atoms with E-state index in [0.717, 1.165) is 36.8 Å². The molecule has 0 heterocycles. The van der Waals surface area contributed by atoms with Gasteiger partial charge in [0.1, 0.15) is 5.75 Å². The summed E-state index contributed by atoms with van der Waals surface area (Å²) < 4.78 is 5.66. The fourth-order valence-electron chi connectivity index (χ4n) is 3.33. The van der Waals surface area contributed by atoms with Crippen molar-refractivity contribution in [2.75, 3.05) is 0 Å². The first-order valence-electron chi connectivity index (χ1n) is 9.66. The normalized spacial score (nSPS) is 15.5. The smallest absolute Gasteiger partial charge is 0.321 e. The predicted octanol–water partition coefficient (Wildman–Crippen LogP) is 4.93. The Morgan fingerprint density at radius 2 is 1.75 bits per heavy atom. The highest BCUT2D eigenvalue weighted by molar-refractivity contribution is 6.32. The van der Waals surface area contributed by atoms with Gasteiger partial charge in [0.05, 0.1) is 5.02 Å². The predicted molar refractivity (Wildman–Crippen MR) is 111 cm³/mol. The number of amides is 3. The minimum Gasteiger partial charge on any atom is -0.479 e. The van der Waals surface area contributed by atoms with Crippen LogP contribution in [0.4, 0.5) is 4.79 Å². The third-order valence-electron chi connectivity index (χ3n) is 4.89. The maximum Gasteiger partial charge on any atom is 0.321 e. The largest absolute Gasteiger partial charge is 0.479 e. The van der Waals surface area contributed by atoms with Crippen molar-refractivity contribution in [1.82, 2.24) is 10.6 Å². The number of hydrogen-bond acceptors (Lipinski definition) is 3. The second-order valence-corrected chi connectivity index (χ2v) is 7.48. The standard InChI is InChI=1S/C22H25ClN2O3/c1-15(21(26)25-22(27)24-18-10-6-3-7-11-18)28-20-13-12-17(14-19(20)23)16-8-4-2-5-9-16/h2,4-5,8-9,12-15,18H,3,6-7,10-11H2,1H3,(H2,24,25,26,27)/t15-/m0/s1. The number of imide groups is 1. The lowest BCUT2D eigenvalue weighted by Crippen LogP contribution is -2.48. The van der Waals surface area contributed by atoms with E-state index in [-0.39, 0.29) is 6.04 Å². The third-order valence-corrected chi connectivity index (χ3v) is 5.18. The SMILES string of the molecule is C[C@H](Oc1ccc(-c2ccccc2)cc1Cl)C(=O)NC(=O)NC1CCCCC1. The number of benzene rings is 2. The van der Waals surface area contributed by atoms with Crippen LogP contribution in [0.3, 0.4) is 0 Å². The Morgan fingerprint density at radius 1 is 1.04 bits per heavy atom. The van der Waals surface area contributed by atoms with Crippen LogP contribution in [0.1, 0.15) is 39.0 Å². The molecule has 28 heavy (non-hydrogen) atoms. The van der Waals surface area contributed by atoms with Gasteiger partial charge in [-0.2, -0.15) is 0 Å². The Bertz CT molecular complexity index is 820. The molecule has 5 nitrogen and oxygen atoms in total. The highest BCUT2D eigenvalue weighted by Crippen LogP contribution is 2.31. The number of halogens is 1. The van der Waals surface area contributed by atoms with E-state index in [4.69, 9.17) is 16.3 Å². The van der Waals surface area contributed by atoms with Gasteiger partial charge in [-0.3, -0.25) is 10.1 Å². The van der Waals surface area contributed by atoms with Crippen molar-refractivity contribution in [2.45, 2.75) is 51.2 Å². The molecule has 2 aromatic carbocycles. The van der Waals surface area contributed by atoms with E-state index in [1.807, 2.05) is 36.4 Å². The average Bonchev–Trinajstić information content (AvgIpc) is 2.70. The molecule has 1 saturated carbocycles. The van der Waals surface area contributed by atoms with Crippen LogP contribution in [0.15, 0.2) is 48.5 Å². The lowest BCUT2D eigenvalue weighted by Gasteiger charge is -2.23.